The molecule has 0 aliphatic heterocycles. The molecule has 0 atom stereocenters. The van der Waals surface area contributed by atoms with Crippen molar-refractivity contribution in [1.29, 1.82) is 0 Å². The fourth-order valence-corrected chi connectivity index (χ4v) is 2.54. The number of anilines is 1. The van der Waals surface area contributed by atoms with Gasteiger partial charge in [0.15, 0.2) is 0 Å². The average Bonchev–Trinajstić information content (AvgIpc) is 2.36. The van der Waals surface area contributed by atoms with Gasteiger partial charge in [-0.3, -0.25) is 4.79 Å². The fourth-order valence-electron chi connectivity index (χ4n) is 1.81. The van der Waals surface area contributed by atoms with Crippen LogP contribution in [-0.2, 0) is 14.6 Å². The van der Waals surface area contributed by atoms with Crippen molar-refractivity contribution in [2.24, 2.45) is 5.92 Å². The Hall–Kier alpha value is -1.70. The minimum absolute atomic E-state index is 0.189. The summed E-state index contributed by atoms with van der Waals surface area (Å²) in [4.78, 5) is 11.9. The zero-order valence-corrected chi connectivity index (χ0v) is 12.5. The number of sulfone groups is 1. The average molecular weight is 321 g/mol. The zero-order valence-electron chi connectivity index (χ0n) is 11.7. The predicted molar refractivity (Wildman–Crippen MR) is 74.3 cm³/mol. The van der Waals surface area contributed by atoms with Crippen LogP contribution in [0.25, 0.3) is 0 Å². The van der Waals surface area contributed by atoms with Gasteiger partial charge in [-0.2, -0.15) is 8.78 Å². The van der Waals surface area contributed by atoms with Crippen LogP contribution in [0.2, 0.25) is 0 Å². The molecule has 0 fully saturated rings. The molecule has 0 aliphatic rings. The minimum atomic E-state index is -4.63. The Kier molecular flexibility index (Phi) is 5.65. The number of carbonyl (C=O) groups is 1. The summed E-state index contributed by atoms with van der Waals surface area (Å²) >= 11 is 0. The monoisotopic (exact) mass is 321 g/mol. The fraction of sp³-hybridized carbons (Fsp3) is 0.462. The lowest BCUT2D eigenvalue weighted by molar-refractivity contribution is -0.135. The highest BCUT2D eigenvalue weighted by molar-refractivity contribution is 7.91. The molecule has 1 rings (SSSR count). The van der Waals surface area contributed by atoms with E-state index in [-0.39, 0.29) is 12.5 Å². The first-order chi connectivity index (χ1) is 9.64. The summed E-state index contributed by atoms with van der Waals surface area (Å²) in [6.07, 6.45) is 0. The summed E-state index contributed by atoms with van der Waals surface area (Å²) in [5.41, 5.74) is 0.472. The lowest BCUT2D eigenvalue weighted by atomic mass is 10.2. The van der Waals surface area contributed by atoms with Gasteiger partial charge in [-0.05, 0) is 30.2 Å². The molecule has 1 aromatic carbocycles. The molecule has 1 N–H and O–H groups in total. The Morgan fingerprint density at radius 1 is 1.24 bits per heavy atom. The third-order valence-corrected chi connectivity index (χ3v) is 4.07. The summed E-state index contributed by atoms with van der Waals surface area (Å²) in [5.74, 6) is -4.32. The number of alkyl halides is 2. The van der Waals surface area contributed by atoms with E-state index in [9.17, 15) is 22.0 Å². The van der Waals surface area contributed by atoms with Crippen molar-refractivity contribution in [2.75, 3.05) is 18.0 Å². The smallest absolute Gasteiger partial charge is 0.341 e. The molecular formula is C13H17F2NO4S. The van der Waals surface area contributed by atoms with Crippen LogP contribution in [0.3, 0.4) is 0 Å². The van der Waals surface area contributed by atoms with E-state index in [1.165, 1.54) is 12.1 Å². The molecule has 0 saturated carbocycles. The Bertz CT molecular complexity index is 585. The second kappa shape index (κ2) is 6.84. The van der Waals surface area contributed by atoms with Crippen molar-refractivity contribution in [3.63, 3.8) is 0 Å². The maximum Gasteiger partial charge on any atom is 0.341 e. The summed E-state index contributed by atoms with van der Waals surface area (Å²) in [6.45, 7) is 4.02. The van der Waals surface area contributed by atoms with Crippen LogP contribution in [0.4, 0.5) is 14.5 Å². The first kappa shape index (κ1) is 17.4. The van der Waals surface area contributed by atoms with Crippen LogP contribution in [0.15, 0.2) is 29.2 Å². The van der Waals surface area contributed by atoms with Crippen molar-refractivity contribution >= 4 is 21.5 Å². The van der Waals surface area contributed by atoms with Gasteiger partial charge in [-0.25, -0.2) is 8.42 Å². The van der Waals surface area contributed by atoms with Gasteiger partial charge in [0.1, 0.15) is 6.54 Å². The maximum atomic E-state index is 12.4. The van der Waals surface area contributed by atoms with E-state index < -0.39 is 26.5 Å². The summed E-state index contributed by atoms with van der Waals surface area (Å²) in [6, 6.07) is 4.79. The Balaban J connectivity index is 3.05. The molecule has 0 spiro atoms. The van der Waals surface area contributed by atoms with Gasteiger partial charge in [0.2, 0.25) is 9.84 Å². The number of benzene rings is 1. The topological polar surface area (TPSA) is 74.7 Å². The van der Waals surface area contributed by atoms with Gasteiger partial charge in [-0.15, -0.1) is 0 Å². The van der Waals surface area contributed by atoms with Gasteiger partial charge >= 0.3 is 11.7 Å². The van der Waals surface area contributed by atoms with Crippen LogP contribution in [0.1, 0.15) is 13.8 Å². The van der Waals surface area contributed by atoms with E-state index in [0.29, 0.717) is 12.2 Å². The molecule has 5 nitrogen and oxygen atoms in total. The van der Waals surface area contributed by atoms with Crippen molar-refractivity contribution in [3.8, 4) is 0 Å². The van der Waals surface area contributed by atoms with E-state index in [1.807, 2.05) is 13.8 Å². The second-order valence-electron chi connectivity index (χ2n) is 4.97. The number of carboxylic acid groups (broad SMARTS) is 1. The number of aliphatic carboxylic acids is 1. The third kappa shape index (κ3) is 4.66. The molecule has 0 amide bonds. The van der Waals surface area contributed by atoms with Crippen LogP contribution in [0, 0.1) is 5.92 Å². The molecule has 1 aromatic rings. The Morgan fingerprint density at radius 2 is 1.76 bits per heavy atom. The standard InChI is InChI=1S/C13H17F2NO4S/c1-9(2)7-16(8-12(17)18)10-3-5-11(6-4-10)21(19,20)13(14)15/h3-6,9,13H,7-8H2,1-2H3,(H,17,18). The molecule has 0 aliphatic carbocycles. The van der Waals surface area contributed by atoms with E-state index in [0.717, 1.165) is 12.1 Å². The molecule has 21 heavy (non-hydrogen) atoms. The molecular weight excluding hydrogens is 304 g/mol. The quantitative estimate of drug-likeness (QED) is 0.833. The van der Waals surface area contributed by atoms with Crippen LogP contribution in [0.5, 0.6) is 0 Å². The summed E-state index contributed by atoms with van der Waals surface area (Å²) < 4.78 is 47.5. The number of hydrogen-bond donors (Lipinski definition) is 1. The highest BCUT2D eigenvalue weighted by Crippen LogP contribution is 2.22. The predicted octanol–water partition coefficient (Wildman–Crippen LogP) is 2.23. The lowest BCUT2D eigenvalue weighted by Crippen LogP contribution is -2.32. The highest BCUT2D eigenvalue weighted by Gasteiger charge is 2.26. The first-order valence-corrected chi connectivity index (χ1v) is 7.78. The number of carboxylic acids is 1. The summed E-state index contributed by atoms with van der Waals surface area (Å²) in [7, 11) is -4.63. The lowest BCUT2D eigenvalue weighted by Gasteiger charge is -2.25. The molecule has 118 valence electrons. The molecule has 0 radical (unpaired) electrons. The van der Waals surface area contributed by atoms with Gasteiger partial charge in [0.25, 0.3) is 0 Å². The van der Waals surface area contributed by atoms with E-state index in [2.05, 4.69) is 0 Å². The first-order valence-electron chi connectivity index (χ1n) is 6.23. The van der Waals surface area contributed by atoms with Crippen LogP contribution >= 0.6 is 0 Å². The van der Waals surface area contributed by atoms with Gasteiger partial charge < -0.3 is 10.0 Å². The number of rotatable bonds is 7. The molecule has 8 heteroatoms. The van der Waals surface area contributed by atoms with E-state index in [4.69, 9.17) is 5.11 Å². The molecule has 0 aromatic heterocycles. The van der Waals surface area contributed by atoms with Gasteiger partial charge in [0.05, 0.1) is 4.90 Å². The minimum Gasteiger partial charge on any atom is -0.480 e. The normalized spacial score (nSPS) is 11.9. The van der Waals surface area contributed by atoms with Crippen molar-refractivity contribution in [3.05, 3.63) is 24.3 Å². The van der Waals surface area contributed by atoms with E-state index in [1.54, 1.807) is 4.90 Å². The van der Waals surface area contributed by atoms with Crippen LogP contribution in [-0.4, -0.2) is 38.3 Å². The highest BCUT2D eigenvalue weighted by atomic mass is 32.2. The third-order valence-electron chi connectivity index (χ3n) is 2.68. The maximum absolute atomic E-state index is 12.4. The Morgan fingerprint density at radius 3 is 2.14 bits per heavy atom. The Labute approximate surface area is 122 Å². The second-order valence-corrected chi connectivity index (χ2v) is 6.89. The summed E-state index contributed by atoms with van der Waals surface area (Å²) in [5, 5.41) is 8.88. The molecule has 0 saturated heterocycles. The SMILES string of the molecule is CC(C)CN(CC(=O)O)c1ccc(S(=O)(=O)C(F)F)cc1. The van der Waals surface area contributed by atoms with Crippen LogP contribution < -0.4 is 4.90 Å². The van der Waals surface area contributed by atoms with Gasteiger partial charge in [0, 0.05) is 12.2 Å². The molecule has 0 heterocycles. The van der Waals surface area contributed by atoms with Gasteiger partial charge in [-0.1, -0.05) is 13.8 Å². The van der Waals surface area contributed by atoms with E-state index >= 15 is 0 Å². The van der Waals surface area contributed by atoms with Crippen molar-refractivity contribution in [2.45, 2.75) is 24.5 Å². The number of nitrogens with zero attached hydrogens (tertiary/aromatic N) is 1. The van der Waals surface area contributed by atoms with Crippen molar-refractivity contribution in [1.82, 2.24) is 0 Å². The zero-order chi connectivity index (χ0) is 16.2. The number of hydrogen-bond acceptors (Lipinski definition) is 4. The van der Waals surface area contributed by atoms with Crippen molar-refractivity contribution < 1.29 is 27.1 Å². The molecule has 0 bridgehead atoms. The molecule has 0 unspecified atom stereocenters. The largest absolute Gasteiger partial charge is 0.480 e. The number of halogens is 2.